The van der Waals surface area contributed by atoms with E-state index in [0.717, 1.165) is 19.4 Å². The molecular weight excluding hydrogens is 280 g/mol. The molecule has 1 aromatic heterocycles. The number of benzene rings is 1. The Hall–Kier alpha value is -2.40. The third-order valence-corrected chi connectivity index (χ3v) is 3.49. The van der Waals surface area contributed by atoms with Gasteiger partial charge in [-0.3, -0.25) is 4.79 Å². The first kappa shape index (κ1) is 14.5. The molecule has 0 radical (unpaired) electrons. The molecule has 0 spiro atoms. The van der Waals surface area contributed by atoms with Crippen LogP contribution in [0.15, 0.2) is 48.7 Å². The van der Waals surface area contributed by atoms with E-state index in [4.69, 9.17) is 9.47 Å². The Labute approximate surface area is 129 Å². The summed E-state index contributed by atoms with van der Waals surface area (Å²) < 4.78 is 11.2. The van der Waals surface area contributed by atoms with Crippen molar-refractivity contribution >= 4 is 5.91 Å². The van der Waals surface area contributed by atoms with Gasteiger partial charge in [-0.15, -0.1) is 0 Å². The fourth-order valence-electron chi connectivity index (χ4n) is 2.35. The fraction of sp³-hybridized carbons (Fsp3) is 0.294. The number of ether oxygens (including phenoxy) is 2. The summed E-state index contributed by atoms with van der Waals surface area (Å²) in [7, 11) is 0. The van der Waals surface area contributed by atoms with Crippen LogP contribution in [0.2, 0.25) is 0 Å². The second kappa shape index (κ2) is 7.04. The SMILES string of the molecule is O=C(NC[C@@H]1CCCO1)c1cccnc1Oc1ccccc1. The summed E-state index contributed by atoms with van der Waals surface area (Å²) in [4.78, 5) is 16.5. The van der Waals surface area contributed by atoms with E-state index in [1.165, 1.54) is 0 Å². The van der Waals surface area contributed by atoms with E-state index in [0.29, 0.717) is 23.7 Å². The zero-order valence-electron chi connectivity index (χ0n) is 12.2. The fourth-order valence-corrected chi connectivity index (χ4v) is 2.35. The Morgan fingerprint density at radius 3 is 2.91 bits per heavy atom. The van der Waals surface area contributed by atoms with Crippen LogP contribution < -0.4 is 10.1 Å². The van der Waals surface area contributed by atoms with Crippen LogP contribution in [0.4, 0.5) is 0 Å². The zero-order valence-corrected chi connectivity index (χ0v) is 12.2. The second-order valence-electron chi connectivity index (χ2n) is 5.12. The summed E-state index contributed by atoms with van der Waals surface area (Å²) in [6, 6.07) is 12.7. The lowest BCUT2D eigenvalue weighted by molar-refractivity contribution is 0.0855. The number of rotatable bonds is 5. The molecule has 0 aliphatic carbocycles. The van der Waals surface area contributed by atoms with Gasteiger partial charge in [0.15, 0.2) is 0 Å². The lowest BCUT2D eigenvalue weighted by atomic mass is 10.2. The first-order valence-corrected chi connectivity index (χ1v) is 7.40. The van der Waals surface area contributed by atoms with Gasteiger partial charge in [0.25, 0.3) is 5.91 Å². The number of nitrogens with zero attached hydrogens (tertiary/aromatic N) is 1. The van der Waals surface area contributed by atoms with Crippen molar-refractivity contribution in [1.82, 2.24) is 10.3 Å². The minimum atomic E-state index is -0.200. The van der Waals surface area contributed by atoms with Crippen LogP contribution in [0.3, 0.4) is 0 Å². The molecule has 1 amide bonds. The quantitative estimate of drug-likeness (QED) is 0.922. The zero-order chi connectivity index (χ0) is 15.2. The lowest BCUT2D eigenvalue weighted by Crippen LogP contribution is -2.32. The normalized spacial score (nSPS) is 17.2. The summed E-state index contributed by atoms with van der Waals surface area (Å²) in [5.74, 6) is 0.752. The number of carbonyl (C=O) groups excluding carboxylic acids is 1. The van der Waals surface area contributed by atoms with E-state index in [9.17, 15) is 4.79 Å². The van der Waals surface area contributed by atoms with Crippen molar-refractivity contribution in [2.45, 2.75) is 18.9 Å². The van der Waals surface area contributed by atoms with Gasteiger partial charge in [0.05, 0.1) is 6.10 Å². The van der Waals surface area contributed by atoms with E-state index in [1.807, 2.05) is 30.3 Å². The van der Waals surface area contributed by atoms with Crippen LogP contribution in [0, 0.1) is 0 Å². The molecule has 0 unspecified atom stereocenters. The van der Waals surface area contributed by atoms with E-state index in [-0.39, 0.29) is 12.0 Å². The number of carbonyl (C=O) groups is 1. The highest BCUT2D eigenvalue weighted by atomic mass is 16.5. The van der Waals surface area contributed by atoms with E-state index in [2.05, 4.69) is 10.3 Å². The van der Waals surface area contributed by atoms with Gasteiger partial charge in [-0.25, -0.2) is 4.98 Å². The average Bonchev–Trinajstić information content (AvgIpc) is 3.08. The van der Waals surface area contributed by atoms with Crippen molar-refractivity contribution in [3.8, 4) is 11.6 Å². The molecule has 0 saturated carbocycles. The predicted molar refractivity (Wildman–Crippen MR) is 82.1 cm³/mol. The molecule has 5 nitrogen and oxygen atoms in total. The lowest BCUT2D eigenvalue weighted by Gasteiger charge is -2.12. The number of pyridine rings is 1. The van der Waals surface area contributed by atoms with Crippen molar-refractivity contribution in [3.05, 3.63) is 54.2 Å². The van der Waals surface area contributed by atoms with Gasteiger partial charge in [-0.1, -0.05) is 18.2 Å². The molecule has 1 aliphatic heterocycles. The van der Waals surface area contributed by atoms with Crippen LogP contribution in [-0.2, 0) is 4.74 Å². The second-order valence-corrected chi connectivity index (χ2v) is 5.12. The van der Waals surface area contributed by atoms with Gasteiger partial charge in [-0.05, 0) is 37.1 Å². The molecule has 2 aromatic rings. The van der Waals surface area contributed by atoms with E-state index in [1.54, 1.807) is 18.3 Å². The van der Waals surface area contributed by atoms with Crippen molar-refractivity contribution in [3.63, 3.8) is 0 Å². The molecule has 2 heterocycles. The van der Waals surface area contributed by atoms with Crippen LogP contribution in [-0.4, -0.2) is 30.1 Å². The van der Waals surface area contributed by atoms with Crippen molar-refractivity contribution < 1.29 is 14.3 Å². The summed E-state index contributed by atoms with van der Waals surface area (Å²) in [6.07, 6.45) is 3.75. The highest BCUT2D eigenvalue weighted by molar-refractivity contribution is 5.96. The number of hydrogen-bond acceptors (Lipinski definition) is 4. The smallest absolute Gasteiger partial charge is 0.256 e. The van der Waals surface area contributed by atoms with Crippen molar-refractivity contribution in [1.29, 1.82) is 0 Å². The maximum atomic E-state index is 12.3. The van der Waals surface area contributed by atoms with Gasteiger partial charge in [-0.2, -0.15) is 0 Å². The van der Waals surface area contributed by atoms with Crippen molar-refractivity contribution in [2.75, 3.05) is 13.2 Å². The van der Waals surface area contributed by atoms with E-state index < -0.39 is 0 Å². The Morgan fingerprint density at radius 2 is 2.14 bits per heavy atom. The highest BCUT2D eigenvalue weighted by Crippen LogP contribution is 2.22. The largest absolute Gasteiger partial charge is 0.438 e. The molecule has 1 aromatic carbocycles. The summed E-state index contributed by atoms with van der Waals surface area (Å²) in [6.45, 7) is 1.29. The third kappa shape index (κ3) is 3.62. The highest BCUT2D eigenvalue weighted by Gasteiger charge is 2.19. The summed E-state index contributed by atoms with van der Waals surface area (Å²) in [5, 5.41) is 2.88. The Morgan fingerprint density at radius 1 is 1.27 bits per heavy atom. The molecule has 1 aliphatic rings. The van der Waals surface area contributed by atoms with Gasteiger partial charge in [0.1, 0.15) is 11.3 Å². The van der Waals surface area contributed by atoms with Crippen molar-refractivity contribution in [2.24, 2.45) is 0 Å². The van der Waals surface area contributed by atoms with Crippen LogP contribution in [0.5, 0.6) is 11.6 Å². The van der Waals surface area contributed by atoms with Gasteiger partial charge >= 0.3 is 0 Å². The Kier molecular flexibility index (Phi) is 4.65. The Bertz CT molecular complexity index is 625. The maximum Gasteiger partial charge on any atom is 0.256 e. The topological polar surface area (TPSA) is 60.5 Å². The molecule has 3 rings (SSSR count). The first-order valence-electron chi connectivity index (χ1n) is 7.40. The molecule has 1 fully saturated rings. The minimum absolute atomic E-state index is 0.110. The van der Waals surface area contributed by atoms with Crippen LogP contribution >= 0.6 is 0 Å². The number of amides is 1. The molecule has 0 bridgehead atoms. The molecule has 1 atom stereocenters. The number of hydrogen-bond donors (Lipinski definition) is 1. The number of aromatic nitrogens is 1. The Balaban J connectivity index is 1.68. The average molecular weight is 298 g/mol. The standard InChI is InChI=1S/C17H18N2O3/c20-16(19-12-14-8-5-11-21-14)15-9-4-10-18-17(15)22-13-6-2-1-3-7-13/h1-4,6-7,9-10,14H,5,8,11-12H2,(H,19,20)/t14-/m0/s1. The number of nitrogens with one attached hydrogen (secondary N) is 1. The number of para-hydroxylation sites is 1. The van der Waals surface area contributed by atoms with Gasteiger partial charge < -0.3 is 14.8 Å². The summed E-state index contributed by atoms with van der Waals surface area (Å²) >= 11 is 0. The molecule has 22 heavy (non-hydrogen) atoms. The minimum Gasteiger partial charge on any atom is -0.438 e. The monoisotopic (exact) mass is 298 g/mol. The maximum absolute atomic E-state index is 12.3. The molecule has 5 heteroatoms. The predicted octanol–water partition coefficient (Wildman–Crippen LogP) is 2.78. The third-order valence-electron chi connectivity index (χ3n) is 3.49. The van der Waals surface area contributed by atoms with Gasteiger partial charge in [0.2, 0.25) is 5.88 Å². The first-order chi connectivity index (χ1) is 10.8. The van der Waals surface area contributed by atoms with Gasteiger partial charge in [0, 0.05) is 19.3 Å². The summed E-state index contributed by atoms with van der Waals surface area (Å²) in [5.41, 5.74) is 0.421. The molecular formula is C17H18N2O3. The van der Waals surface area contributed by atoms with Crippen LogP contribution in [0.25, 0.3) is 0 Å². The molecule has 114 valence electrons. The van der Waals surface area contributed by atoms with Crippen LogP contribution in [0.1, 0.15) is 23.2 Å². The van der Waals surface area contributed by atoms with E-state index >= 15 is 0 Å². The molecule has 1 N–H and O–H groups in total. The molecule has 1 saturated heterocycles.